The fraction of sp³-hybridized carbons (Fsp3) is 0.954. The normalized spacial score (nSPS) is 19.4. The monoisotopic (exact) mass is 1110 g/mol. The van der Waals surface area contributed by atoms with Crippen LogP contribution in [0, 0.1) is 60.6 Å². The molecular weight excluding hydrogens is 987 g/mol. The maximum absolute atomic E-state index is 16.1. The molecule has 0 spiro atoms. The van der Waals surface area contributed by atoms with Crippen molar-refractivity contribution in [3.05, 3.63) is 0 Å². The van der Waals surface area contributed by atoms with Gasteiger partial charge in [0.1, 0.15) is 11.2 Å². The van der Waals surface area contributed by atoms with Crippen molar-refractivity contribution in [1.29, 1.82) is 0 Å². The molecule has 0 aliphatic heterocycles. The van der Waals surface area contributed by atoms with Gasteiger partial charge in [-0.3, -0.25) is 14.4 Å². The molecule has 1 saturated carbocycles. The molecule has 0 saturated heterocycles. The molecule has 6 unspecified atom stereocenters. The van der Waals surface area contributed by atoms with Gasteiger partial charge in [0.05, 0.1) is 35.2 Å². The minimum absolute atomic E-state index is 0.00372. The molecule has 1 rings (SSSR count). The molecule has 8 nitrogen and oxygen atoms in total. The maximum atomic E-state index is 16.1. The van der Waals surface area contributed by atoms with Gasteiger partial charge in [0, 0.05) is 22.7 Å². The van der Waals surface area contributed by atoms with Crippen LogP contribution < -0.4 is 5.32 Å². The summed E-state index contributed by atoms with van der Waals surface area (Å²) < 4.78 is 25.8. The second kappa shape index (κ2) is 25.1. The van der Waals surface area contributed by atoms with Crippen LogP contribution in [0.1, 0.15) is 291 Å². The zero-order chi connectivity index (χ0) is 58.6. The molecule has 0 aromatic heterocycles. The van der Waals surface area contributed by atoms with Crippen LogP contribution >= 0.6 is 15.9 Å². The molecule has 0 heterocycles. The van der Waals surface area contributed by atoms with E-state index in [2.05, 4.69) is 160 Å². The zero-order valence-corrected chi connectivity index (χ0v) is 56.1. The second-order valence-corrected chi connectivity index (χ2v) is 32.7. The molecule has 9 heteroatoms. The molecule has 438 valence electrons. The Morgan fingerprint density at radius 1 is 0.622 bits per heavy atom. The van der Waals surface area contributed by atoms with E-state index >= 15 is 9.59 Å². The summed E-state index contributed by atoms with van der Waals surface area (Å²) in [5.41, 5.74) is -7.97. The van der Waals surface area contributed by atoms with Crippen LogP contribution in [0.5, 0.6) is 0 Å². The number of carbonyl (C=O) groups is 3. The predicted octanol–water partition coefficient (Wildman–Crippen LogP) is 18.5. The van der Waals surface area contributed by atoms with Crippen LogP contribution in [0.3, 0.4) is 0 Å². The van der Waals surface area contributed by atoms with Gasteiger partial charge in [0.15, 0.2) is 0 Å². The first-order chi connectivity index (χ1) is 32.9. The average Bonchev–Trinajstić information content (AvgIpc) is 3.19. The van der Waals surface area contributed by atoms with Crippen molar-refractivity contribution in [2.45, 2.75) is 331 Å². The molecule has 1 amide bonds. The second-order valence-electron chi connectivity index (χ2n) is 31.2. The first-order valence-corrected chi connectivity index (χ1v) is 30.5. The van der Waals surface area contributed by atoms with E-state index in [1.807, 2.05) is 69.2 Å². The van der Waals surface area contributed by atoms with Gasteiger partial charge in [0.2, 0.25) is 5.91 Å². The Morgan fingerprint density at radius 2 is 1.09 bits per heavy atom. The molecule has 1 aliphatic carbocycles. The Labute approximate surface area is 467 Å². The number of nitrogens with one attached hydrogen (secondary N) is 1. The highest BCUT2D eigenvalue weighted by molar-refractivity contribution is 9.10. The summed E-state index contributed by atoms with van der Waals surface area (Å²) in [5.74, 6) is 0.0307. The maximum Gasteiger partial charge on any atom is 0.313 e. The third-order valence-electron chi connectivity index (χ3n) is 20.8. The highest BCUT2D eigenvalue weighted by Crippen LogP contribution is 2.68. The summed E-state index contributed by atoms with van der Waals surface area (Å²) in [6.07, 6.45) is 11.1. The lowest BCUT2D eigenvalue weighted by Crippen LogP contribution is -2.61. The third-order valence-corrected chi connectivity index (χ3v) is 22.7. The number of alkyl halides is 1. The van der Waals surface area contributed by atoms with E-state index in [9.17, 15) is 4.79 Å². The minimum atomic E-state index is -1.13. The Morgan fingerprint density at radius 3 is 1.51 bits per heavy atom. The minimum Gasteiger partial charge on any atom is -0.459 e. The van der Waals surface area contributed by atoms with Gasteiger partial charge in [-0.2, -0.15) is 0 Å². The predicted molar refractivity (Wildman–Crippen MR) is 318 cm³/mol. The Balaban J connectivity index is 4.48. The van der Waals surface area contributed by atoms with E-state index in [4.69, 9.17) is 18.9 Å². The van der Waals surface area contributed by atoms with Gasteiger partial charge in [0.25, 0.3) is 0 Å². The summed E-state index contributed by atoms with van der Waals surface area (Å²) >= 11 is 4.32. The van der Waals surface area contributed by atoms with E-state index in [1.165, 1.54) is 19.3 Å². The van der Waals surface area contributed by atoms with Gasteiger partial charge in [-0.05, 0) is 186 Å². The van der Waals surface area contributed by atoms with E-state index < -0.39 is 58.8 Å². The zero-order valence-electron chi connectivity index (χ0n) is 54.5. The highest BCUT2D eigenvalue weighted by atomic mass is 79.9. The van der Waals surface area contributed by atoms with Crippen molar-refractivity contribution < 1.29 is 33.3 Å². The van der Waals surface area contributed by atoms with Gasteiger partial charge in [-0.25, -0.2) is 0 Å². The summed E-state index contributed by atoms with van der Waals surface area (Å²) in [5, 5.41) is 3.40. The Bertz CT molecular complexity index is 1810. The van der Waals surface area contributed by atoms with Crippen molar-refractivity contribution in [2.75, 3.05) is 6.61 Å². The molecule has 0 bridgehead atoms. The molecule has 1 N–H and O–H groups in total. The fourth-order valence-corrected chi connectivity index (χ4v) is 14.3. The number of carbonyl (C=O) groups excluding carboxylic acids is 3. The van der Waals surface area contributed by atoms with Crippen LogP contribution in [0.2, 0.25) is 0 Å². The number of halogens is 1. The van der Waals surface area contributed by atoms with Gasteiger partial charge >= 0.3 is 11.9 Å². The lowest BCUT2D eigenvalue weighted by atomic mass is 9.41. The summed E-state index contributed by atoms with van der Waals surface area (Å²) in [7, 11) is 0. The van der Waals surface area contributed by atoms with E-state index in [1.54, 1.807) is 0 Å². The van der Waals surface area contributed by atoms with Crippen molar-refractivity contribution in [1.82, 2.24) is 5.32 Å². The van der Waals surface area contributed by atoms with Crippen molar-refractivity contribution in [3.8, 4) is 0 Å². The smallest absolute Gasteiger partial charge is 0.313 e. The SMILES string of the molecule is CCCC(Br)(CC)C(C)(C)C(C)(CC(C)(C)C(C)(C)C(C)(CC(C)(C)C(C)(CCC)C(C)(C)C(CC(C)(C)CC1CCC1)C(=O)NC(C)C)C(=O)OC(C)(C)CCOC(C)(C)C)C(=O)OC(C)(C)C(C)OC(C)C. The van der Waals surface area contributed by atoms with Crippen LogP contribution in [0.4, 0.5) is 0 Å². The summed E-state index contributed by atoms with van der Waals surface area (Å²) in [6, 6.07) is 0.00372. The number of hydrogen-bond acceptors (Lipinski definition) is 7. The van der Waals surface area contributed by atoms with Crippen LogP contribution in [-0.4, -0.2) is 63.8 Å². The van der Waals surface area contributed by atoms with Crippen molar-refractivity contribution in [3.63, 3.8) is 0 Å². The first kappa shape index (κ1) is 70.8. The standard InChI is InChI=1S/C65H124BrNO7/c1-31-37-64(30,58(20,21)49(50(68)67-45(4)5)42-54(12,13)41-48-35-34-36-48)56(16,17)44-62(28,51(69)73-57(18,19)39-40-71-53(9,10)11)60(24,25)55(14,15)43-63(29,61(26,27)65(66,33-3)38-32-2)52(70)74-59(22,23)47(8)72-46(6)7/h45-49H,31-44H2,1-30H3,(H,67,68). The molecule has 0 aromatic carbocycles. The third kappa shape index (κ3) is 16.2. The Hall–Kier alpha value is -1.19. The van der Waals surface area contributed by atoms with Crippen molar-refractivity contribution in [2.24, 2.45) is 60.6 Å². The van der Waals surface area contributed by atoms with Crippen LogP contribution in [0.15, 0.2) is 0 Å². The molecule has 1 aliphatic rings. The molecule has 0 aromatic rings. The van der Waals surface area contributed by atoms with Gasteiger partial charge in [-0.15, -0.1) is 0 Å². The molecule has 74 heavy (non-hydrogen) atoms. The molecular formula is C65H124BrNO7. The van der Waals surface area contributed by atoms with E-state index in [0.717, 1.165) is 44.9 Å². The number of hydrogen-bond donors (Lipinski definition) is 1. The van der Waals surface area contributed by atoms with Crippen LogP contribution in [0.25, 0.3) is 0 Å². The van der Waals surface area contributed by atoms with Gasteiger partial charge < -0.3 is 24.3 Å². The largest absolute Gasteiger partial charge is 0.459 e. The fourth-order valence-electron chi connectivity index (χ4n) is 13.5. The highest BCUT2D eigenvalue weighted by Gasteiger charge is 2.66. The topological polar surface area (TPSA) is 100 Å². The number of esters is 2. The van der Waals surface area contributed by atoms with E-state index in [-0.39, 0.29) is 53.0 Å². The lowest BCUT2D eigenvalue weighted by Gasteiger charge is -2.63. The Kier molecular flexibility index (Phi) is 24.0. The number of rotatable bonds is 32. The molecule has 1 fully saturated rings. The molecule has 0 radical (unpaired) electrons. The van der Waals surface area contributed by atoms with Crippen LogP contribution in [-0.2, 0) is 33.3 Å². The number of amides is 1. The molecule has 6 atom stereocenters. The quantitative estimate of drug-likeness (QED) is 0.0529. The summed E-state index contributed by atoms with van der Waals surface area (Å²) in [6.45, 7) is 65.6. The number of ether oxygens (including phenoxy) is 4. The van der Waals surface area contributed by atoms with Crippen molar-refractivity contribution >= 4 is 33.8 Å². The van der Waals surface area contributed by atoms with E-state index in [0.29, 0.717) is 31.8 Å². The van der Waals surface area contributed by atoms with Gasteiger partial charge in [-0.1, -0.05) is 159 Å². The first-order valence-electron chi connectivity index (χ1n) is 29.7. The summed E-state index contributed by atoms with van der Waals surface area (Å²) in [4.78, 5) is 46.8. The average molecular weight is 1110 g/mol. The lowest BCUT2D eigenvalue weighted by molar-refractivity contribution is -0.207.